The van der Waals surface area contributed by atoms with Crippen LogP contribution >= 0.6 is 0 Å². The number of rotatable bonds is 3. The summed E-state index contributed by atoms with van der Waals surface area (Å²) in [7, 11) is 0. The quantitative estimate of drug-likeness (QED) is 0.739. The maximum atomic E-state index is 14.7. The van der Waals surface area contributed by atoms with Crippen LogP contribution in [-0.2, 0) is 0 Å². The molecule has 1 saturated carbocycles. The van der Waals surface area contributed by atoms with E-state index in [0.717, 1.165) is 29.0 Å². The number of aromatic nitrogens is 3. The number of pyridine rings is 2. The summed E-state index contributed by atoms with van der Waals surface area (Å²) in [6, 6.07) is 1.46. The predicted molar refractivity (Wildman–Crippen MR) is 86.1 cm³/mol. The lowest BCUT2D eigenvalue weighted by Crippen LogP contribution is -2.21. The largest absolute Gasteiger partial charge is 0.511 e. The highest BCUT2D eigenvalue weighted by molar-refractivity contribution is 5.70. The minimum Gasteiger partial charge on any atom is -0.449 e. The zero-order chi connectivity index (χ0) is 17.7. The van der Waals surface area contributed by atoms with Gasteiger partial charge in [0.1, 0.15) is 0 Å². The lowest BCUT2D eigenvalue weighted by Gasteiger charge is -2.16. The zero-order valence-corrected chi connectivity index (χ0v) is 13.3. The molecule has 0 amide bonds. The van der Waals surface area contributed by atoms with Crippen LogP contribution in [0.3, 0.4) is 0 Å². The molecular weight excluding hydrogens is 329 g/mol. The molecule has 1 aliphatic rings. The van der Waals surface area contributed by atoms with Crippen LogP contribution in [0.25, 0.3) is 11.2 Å². The van der Waals surface area contributed by atoms with Gasteiger partial charge in [0.05, 0.1) is 23.7 Å². The van der Waals surface area contributed by atoms with Crippen molar-refractivity contribution in [3.8, 4) is 11.4 Å². The van der Waals surface area contributed by atoms with Crippen LogP contribution in [-0.4, -0.2) is 25.2 Å². The Bertz CT molecular complexity index is 1050. The Hall–Kier alpha value is -3.16. The molecule has 1 aliphatic carbocycles. The molecule has 1 N–H and O–H groups in total. The smallest absolute Gasteiger partial charge is 0.449 e. The number of imidazole rings is 1. The number of ether oxygens (including phenoxy) is 1. The van der Waals surface area contributed by atoms with Crippen LogP contribution in [0.2, 0.25) is 0 Å². The van der Waals surface area contributed by atoms with Gasteiger partial charge in [-0.05, 0) is 37.3 Å². The first-order chi connectivity index (χ1) is 12.0. The lowest BCUT2D eigenvalue weighted by atomic mass is 10.0. The van der Waals surface area contributed by atoms with Crippen LogP contribution in [0.4, 0.5) is 9.18 Å². The van der Waals surface area contributed by atoms with Gasteiger partial charge >= 0.3 is 6.16 Å². The van der Waals surface area contributed by atoms with E-state index in [2.05, 4.69) is 9.72 Å². The fourth-order valence-electron chi connectivity index (χ4n) is 3.20. The standard InChI is InChI=1S/C17H14FN3O4/c1-9-14-11(10-2-3-10)6-13(25-17(23)24)16(22)21(14)7-12(18)15(9)20-5-4-19-8-20/h4-8,10H,2-3H2,1H3,(H,23,24). The Morgan fingerprint density at radius 3 is 2.80 bits per heavy atom. The maximum absolute atomic E-state index is 14.7. The van der Waals surface area contributed by atoms with Gasteiger partial charge < -0.3 is 14.4 Å². The van der Waals surface area contributed by atoms with Crippen molar-refractivity contribution in [3.63, 3.8) is 0 Å². The van der Waals surface area contributed by atoms with Crippen LogP contribution in [0, 0.1) is 12.7 Å². The van der Waals surface area contributed by atoms with Crippen molar-refractivity contribution in [1.82, 2.24) is 14.0 Å². The zero-order valence-electron chi connectivity index (χ0n) is 13.3. The van der Waals surface area contributed by atoms with Crippen LogP contribution in [0.5, 0.6) is 5.75 Å². The molecule has 128 valence electrons. The number of hydrogen-bond donors (Lipinski definition) is 1. The lowest BCUT2D eigenvalue weighted by molar-refractivity contribution is 0.143. The predicted octanol–water partition coefficient (Wildman–Crippen LogP) is 2.87. The van der Waals surface area contributed by atoms with E-state index in [-0.39, 0.29) is 11.7 Å². The van der Waals surface area contributed by atoms with Gasteiger partial charge in [-0.15, -0.1) is 0 Å². The molecule has 0 spiro atoms. The molecule has 8 heteroatoms. The third kappa shape index (κ3) is 2.46. The molecular formula is C17H14FN3O4. The number of fused-ring (bicyclic) bond motifs is 1. The third-order valence-corrected chi connectivity index (χ3v) is 4.39. The summed E-state index contributed by atoms with van der Waals surface area (Å²) in [5.74, 6) is -0.730. The molecule has 3 aromatic heterocycles. The number of hydrogen-bond acceptors (Lipinski definition) is 4. The molecule has 3 heterocycles. The van der Waals surface area contributed by atoms with Crippen molar-refractivity contribution < 1.29 is 19.0 Å². The second-order valence-electron chi connectivity index (χ2n) is 6.05. The summed E-state index contributed by atoms with van der Waals surface area (Å²) in [5, 5.41) is 8.83. The van der Waals surface area contributed by atoms with Crippen molar-refractivity contribution in [2.24, 2.45) is 0 Å². The van der Waals surface area contributed by atoms with Gasteiger partial charge in [-0.25, -0.2) is 14.2 Å². The number of aryl methyl sites for hydroxylation is 1. The van der Waals surface area contributed by atoms with E-state index >= 15 is 0 Å². The Balaban J connectivity index is 2.08. The Morgan fingerprint density at radius 2 is 2.20 bits per heavy atom. The van der Waals surface area contributed by atoms with Gasteiger partial charge in [-0.3, -0.25) is 9.20 Å². The summed E-state index contributed by atoms with van der Waals surface area (Å²) in [6.45, 7) is 1.73. The second-order valence-corrected chi connectivity index (χ2v) is 6.05. The SMILES string of the molecule is Cc1c(-n2ccnc2)c(F)cn2c(=O)c(OC(=O)O)cc(C3CC3)c12. The molecule has 25 heavy (non-hydrogen) atoms. The van der Waals surface area contributed by atoms with Crippen LogP contribution < -0.4 is 10.3 Å². The summed E-state index contributed by atoms with van der Waals surface area (Å²) < 4.78 is 22.0. The van der Waals surface area contributed by atoms with Crippen molar-refractivity contribution in [3.05, 3.63) is 58.3 Å². The van der Waals surface area contributed by atoms with E-state index in [4.69, 9.17) is 5.11 Å². The molecule has 4 rings (SSSR count). The third-order valence-electron chi connectivity index (χ3n) is 4.39. The summed E-state index contributed by atoms with van der Waals surface area (Å²) in [5.41, 5.74) is 1.55. The molecule has 7 nitrogen and oxygen atoms in total. The first-order valence-electron chi connectivity index (χ1n) is 7.75. The van der Waals surface area contributed by atoms with Crippen LogP contribution in [0.1, 0.15) is 29.9 Å². The molecule has 0 radical (unpaired) electrons. The minimum atomic E-state index is -1.58. The Morgan fingerprint density at radius 1 is 1.44 bits per heavy atom. The molecule has 3 aromatic rings. The average molecular weight is 343 g/mol. The maximum Gasteiger partial charge on any atom is 0.511 e. The van der Waals surface area contributed by atoms with E-state index < -0.39 is 17.5 Å². The number of nitrogens with zero attached hydrogens (tertiary/aromatic N) is 3. The topological polar surface area (TPSA) is 85.8 Å². The highest BCUT2D eigenvalue weighted by Crippen LogP contribution is 2.43. The number of halogens is 1. The van der Waals surface area contributed by atoms with Gasteiger partial charge in [-0.1, -0.05) is 0 Å². The van der Waals surface area contributed by atoms with Gasteiger partial charge in [0.25, 0.3) is 5.56 Å². The Labute approximate surface area is 140 Å². The van der Waals surface area contributed by atoms with E-state index in [1.54, 1.807) is 23.9 Å². The monoisotopic (exact) mass is 343 g/mol. The van der Waals surface area contributed by atoms with E-state index in [0.29, 0.717) is 16.8 Å². The number of carbonyl (C=O) groups is 1. The average Bonchev–Trinajstić information content (AvgIpc) is 3.26. The van der Waals surface area contributed by atoms with Gasteiger partial charge in [-0.2, -0.15) is 0 Å². The molecule has 0 atom stereocenters. The van der Waals surface area contributed by atoms with E-state index in [1.807, 2.05) is 0 Å². The molecule has 0 saturated heterocycles. The summed E-state index contributed by atoms with van der Waals surface area (Å²) in [4.78, 5) is 27.3. The van der Waals surface area contributed by atoms with Gasteiger partial charge in [0.2, 0.25) is 0 Å². The van der Waals surface area contributed by atoms with Gasteiger partial charge in [0.15, 0.2) is 11.6 Å². The fourth-order valence-corrected chi connectivity index (χ4v) is 3.20. The number of carboxylic acid groups (broad SMARTS) is 1. The first-order valence-corrected chi connectivity index (χ1v) is 7.75. The summed E-state index contributed by atoms with van der Waals surface area (Å²) >= 11 is 0. The molecule has 0 aromatic carbocycles. The highest BCUT2D eigenvalue weighted by Gasteiger charge is 2.30. The van der Waals surface area contributed by atoms with Crippen molar-refractivity contribution in [2.45, 2.75) is 25.7 Å². The molecule has 0 aliphatic heterocycles. The second kappa shape index (κ2) is 5.44. The van der Waals surface area contributed by atoms with Crippen molar-refractivity contribution in [2.75, 3.05) is 0 Å². The highest BCUT2D eigenvalue weighted by atomic mass is 19.1. The van der Waals surface area contributed by atoms with E-state index in [1.165, 1.54) is 12.4 Å². The van der Waals surface area contributed by atoms with Crippen molar-refractivity contribution >= 4 is 11.7 Å². The Kier molecular flexibility index (Phi) is 3.34. The van der Waals surface area contributed by atoms with Gasteiger partial charge in [0, 0.05) is 18.0 Å². The van der Waals surface area contributed by atoms with Crippen molar-refractivity contribution in [1.29, 1.82) is 0 Å². The molecule has 0 bridgehead atoms. The molecule has 1 fully saturated rings. The fraction of sp³-hybridized carbons (Fsp3) is 0.235. The normalized spacial score (nSPS) is 14.0. The minimum absolute atomic E-state index is 0.201. The summed E-state index contributed by atoms with van der Waals surface area (Å²) in [6.07, 6.45) is 6.00. The molecule has 0 unspecified atom stereocenters. The van der Waals surface area contributed by atoms with Crippen LogP contribution in [0.15, 0.2) is 35.8 Å². The first kappa shape index (κ1) is 15.4. The van der Waals surface area contributed by atoms with E-state index in [9.17, 15) is 14.0 Å².